The molecule has 0 aromatic heterocycles. The molecular formula is C25H33N3O5. The van der Waals surface area contributed by atoms with Crippen LogP contribution < -0.4 is 25.6 Å². The summed E-state index contributed by atoms with van der Waals surface area (Å²) < 4.78 is 10.8. The van der Waals surface area contributed by atoms with Gasteiger partial charge in [0.25, 0.3) is 5.91 Å². The van der Waals surface area contributed by atoms with Gasteiger partial charge in [0, 0.05) is 18.5 Å². The van der Waals surface area contributed by atoms with E-state index in [1.807, 2.05) is 31.2 Å². The Balaban J connectivity index is 1.65. The van der Waals surface area contributed by atoms with E-state index in [9.17, 15) is 14.4 Å². The molecule has 3 amide bonds. The zero-order chi connectivity index (χ0) is 24.3. The SMILES string of the molecule is CCOc1ccc(NC(=O)CCC(=O)NNC(=O)COc2ccc(C(C)(C)CC)cc2)cc1. The standard InChI is InChI=1S/C25H33N3O5/c1-5-25(3,4)18-7-11-21(12-8-18)33-17-24(31)28-27-23(30)16-15-22(29)26-19-9-13-20(14-10-19)32-6-2/h7-14H,5-6,15-17H2,1-4H3,(H,26,29)(H,27,30)(H,28,31). The van der Waals surface area contributed by atoms with E-state index in [1.54, 1.807) is 24.3 Å². The third-order valence-corrected chi connectivity index (χ3v) is 5.26. The summed E-state index contributed by atoms with van der Waals surface area (Å²) in [7, 11) is 0. The third-order valence-electron chi connectivity index (χ3n) is 5.26. The van der Waals surface area contributed by atoms with Gasteiger partial charge in [-0.05, 0) is 60.7 Å². The summed E-state index contributed by atoms with van der Waals surface area (Å²) in [5.74, 6) is 0.000286. The van der Waals surface area contributed by atoms with E-state index in [2.05, 4.69) is 36.9 Å². The summed E-state index contributed by atoms with van der Waals surface area (Å²) in [4.78, 5) is 35.8. The Bertz CT molecular complexity index is 924. The summed E-state index contributed by atoms with van der Waals surface area (Å²) in [6.45, 7) is 8.69. The number of carbonyl (C=O) groups is 3. The van der Waals surface area contributed by atoms with Gasteiger partial charge in [0.15, 0.2) is 6.61 Å². The van der Waals surface area contributed by atoms with Gasteiger partial charge in [-0.1, -0.05) is 32.9 Å². The van der Waals surface area contributed by atoms with E-state index in [1.165, 1.54) is 5.56 Å². The summed E-state index contributed by atoms with van der Waals surface area (Å²) in [6, 6.07) is 14.6. The molecule has 0 aliphatic heterocycles. The molecule has 2 rings (SSSR count). The smallest absolute Gasteiger partial charge is 0.276 e. The minimum atomic E-state index is -0.500. The number of carbonyl (C=O) groups excluding carboxylic acids is 3. The molecule has 0 radical (unpaired) electrons. The van der Waals surface area contributed by atoms with Crippen LogP contribution in [0.2, 0.25) is 0 Å². The number of ether oxygens (including phenoxy) is 2. The van der Waals surface area contributed by atoms with Crippen molar-refractivity contribution < 1.29 is 23.9 Å². The van der Waals surface area contributed by atoms with E-state index in [4.69, 9.17) is 9.47 Å². The number of hydrazine groups is 1. The van der Waals surface area contributed by atoms with Crippen LogP contribution in [-0.2, 0) is 19.8 Å². The number of rotatable bonds is 11. The van der Waals surface area contributed by atoms with E-state index >= 15 is 0 Å². The molecule has 8 heteroatoms. The minimum absolute atomic E-state index is 0.0220. The molecule has 2 aromatic rings. The quantitative estimate of drug-likeness (QED) is 0.448. The molecule has 0 atom stereocenters. The summed E-state index contributed by atoms with van der Waals surface area (Å²) >= 11 is 0. The van der Waals surface area contributed by atoms with Crippen molar-refractivity contribution in [3.8, 4) is 11.5 Å². The zero-order valence-electron chi connectivity index (χ0n) is 19.7. The predicted molar refractivity (Wildman–Crippen MR) is 127 cm³/mol. The largest absolute Gasteiger partial charge is 0.494 e. The highest BCUT2D eigenvalue weighted by molar-refractivity contribution is 5.93. The lowest BCUT2D eigenvalue weighted by molar-refractivity contribution is -0.130. The first-order valence-electron chi connectivity index (χ1n) is 11.1. The van der Waals surface area contributed by atoms with Crippen molar-refractivity contribution in [3.63, 3.8) is 0 Å². The van der Waals surface area contributed by atoms with Gasteiger partial charge in [0.2, 0.25) is 11.8 Å². The highest BCUT2D eigenvalue weighted by Gasteiger charge is 2.17. The molecule has 0 fully saturated rings. The van der Waals surface area contributed by atoms with Gasteiger partial charge in [0.05, 0.1) is 6.61 Å². The average Bonchev–Trinajstić information content (AvgIpc) is 2.81. The second-order valence-electron chi connectivity index (χ2n) is 8.15. The first kappa shape index (κ1) is 25.7. The Kier molecular flexibility index (Phi) is 9.72. The van der Waals surface area contributed by atoms with Crippen molar-refractivity contribution in [2.75, 3.05) is 18.5 Å². The maximum atomic E-state index is 12.0. The molecule has 0 unspecified atom stereocenters. The molecule has 0 aliphatic rings. The van der Waals surface area contributed by atoms with E-state index in [-0.39, 0.29) is 30.8 Å². The molecule has 0 bridgehead atoms. The minimum Gasteiger partial charge on any atom is -0.494 e. The third kappa shape index (κ3) is 8.84. The maximum Gasteiger partial charge on any atom is 0.276 e. The molecule has 2 aromatic carbocycles. The number of amides is 3. The van der Waals surface area contributed by atoms with Crippen molar-refractivity contribution >= 4 is 23.4 Å². The highest BCUT2D eigenvalue weighted by Crippen LogP contribution is 2.28. The number of benzene rings is 2. The Hall–Kier alpha value is -3.55. The maximum absolute atomic E-state index is 12.0. The van der Waals surface area contributed by atoms with Crippen LogP contribution in [0.25, 0.3) is 0 Å². The Morgan fingerprint density at radius 3 is 1.91 bits per heavy atom. The normalized spacial score (nSPS) is 10.8. The molecule has 178 valence electrons. The van der Waals surface area contributed by atoms with Crippen LogP contribution in [0.4, 0.5) is 5.69 Å². The van der Waals surface area contributed by atoms with Gasteiger partial charge in [-0.25, -0.2) is 0 Å². The lowest BCUT2D eigenvalue weighted by Crippen LogP contribution is -2.44. The number of anilines is 1. The van der Waals surface area contributed by atoms with E-state index in [0.717, 1.165) is 6.42 Å². The molecule has 0 saturated carbocycles. The zero-order valence-corrected chi connectivity index (χ0v) is 19.7. The van der Waals surface area contributed by atoms with Crippen LogP contribution in [0.5, 0.6) is 11.5 Å². The van der Waals surface area contributed by atoms with Crippen molar-refractivity contribution in [2.24, 2.45) is 0 Å². The molecule has 8 nitrogen and oxygen atoms in total. The van der Waals surface area contributed by atoms with Crippen molar-refractivity contribution in [3.05, 3.63) is 54.1 Å². The number of hydrogen-bond acceptors (Lipinski definition) is 5. The van der Waals surface area contributed by atoms with Gasteiger partial charge in [-0.3, -0.25) is 25.2 Å². The van der Waals surface area contributed by atoms with Gasteiger partial charge in [-0.15, -0.1) is 0 Å². The Labute approximate surface area is 195 Å². The monoisotopic (exact) mass is 455 g/mol. The van der Waals surface area contributed by atoms with Crippen LogP contribution in [-0.4, -0.2) is 30.9 Å². The molecule has 3 N–H and O–H groups in total. The lowest BCUT2D eigenvalue weighted by atomic mass is 9.82. The summed E-state index contributed by atoms with van der Waals surface area (Å²) in [6.07, 6.45) is 0.920. The first-order valence-corrected chi connectivity index (χ1v) is 11.1. The molecule has 0 aliphatic carbocycles. The van der Waals surface area contributed by atoms with Crippen LogP contribution in [0.15, 0.2) is 48.5 Å². The molecule has 0 saturated heterocycles. The lowest BCUT2D eigenvalue weighted by Gasteiger charge is -2.23. The van der Waals surface area contributed by atoms with Crippen LogP contribution in [0, 0.1) is 0 Å². The van der Waals surface area contributed by atoms with Gasteiger partial charge >= 0.3 is 0 Å². The van der Waals surface area contributed by atoms with Crippen molar-refractivity contribution in [1.82, 2.24) is 10.9 Å². The van der Waals surface area contributed by atoms with Crippen LogP contribution >= 0.6 is 0 Å². The highest BCUT2D eigenvalue weighted by atomic mass is 16.5. The van der Waals surface area contributed by atoms with Gasteiger partial charge < -0.3 is 14.8 Å². The van der Waals surface area contributed by atoms with E-state index < -0.39 is 11.8 Å². The number of nitrogens with one attached hydrogen (secondary N) is 3. The van der Waals surface area contributed by atoms with Gasteiger partial charge in [0.1, 0.15) is 11.5 Å². The Morgan fingerprint density at radius 1 is 0.758 bits per heavy atom. The predicted octanol–water partition coefficient (Wildman–Crippen LogP) is 3.72. The Morgan fingerprint density at radius 2 is 1.30 bits per heavy atom. The summed E-state index contributed by atoms with van der Waals surface area (Å²) in [5, 5.41) is 2.70. The summed E-state index contributed by atoms with van der Waals surface area (Å²) in [5.41, 5.74) is 6.44. The van der Waals surface area contributed by atoms with Gasteiger partial charge in [-0.2, -0.15) is 0 Å². The van der Waals surface area contributed by atoms with Crippen LogP contribution in [0.3, 0.4) is 0 Å². The molecular weight excluding hydrogens is 422 g/mol. The van der Waals surface area contributed by atoms with Crippen LogP contribution in [0.1, 0.15) is 52.5 Å². The molecule has 0 heterocycles. The average molecular weight is 456 g/mol. The fourth-order valence-corrected chi connectivity index (χ4v) is 2.85. The second-order valence-corrected chi connectivity index (χ2v) is 8.15. The van der Waals surface area contributed by atoms with E-state index in [0.29, 0.717) is 23.8 Å². The fraction of sp³-hybridized carbons (Fsp3) is 0.400. The fourth-order valence-electron chi connectivity index (χ4n) is 2.85. The topological polar surface area (TPSA) is 106 Å². The molecule has 0 spiro atoms. The second kappa shape index (κ2) is 12.5. The first-order chi connectivity index (χ1) is 15.7. The van der Waals surface area contributed by atoms with Crippen molar-refractivity contribution in [2.45, 2.75) is 52.4 Å². The van der Waals surface area contributed by atoms with Crippen molar-refractivity contribution in [1.29, 1.82) is 0 Å². The number of hydrogen-bond donors (Lipinski definition) is 3. The molecule has 33 heavy (non-hydrogen) atoms.